The molecule has 0 saturated heterocycles. The maximum absolute atomic E-state index is 12.1. The highest BCUT2D eigenvalue weighted by Gasteiger charge is 2.17. The van der Waals surface area contributed by atoms with E-state index in [4.69, 9.17) is 0 Å². The van der Waals surface area contributed by atoms with Crippen molar-refractivity contribution in [2.75, 3.05) is 23.7 Å². The molecule has 2 rings (SSSR count). The molecule has 1 aromatic rings. The molecule has 1 unspecified atom stereocenters. The number of carbonyl (C=O) groups is 1. The van der Waals surface area contributed by atoms with Crippen LogP contribution in [0, 0.1) is 0 Å². The van der Waals surface area contributed by atoms with Crippen molar-refractivity contribution in [2.24, 2.45) is 0 Å². The minimum atomic E-state index is -0.00704. The summed E-state index contributed by atoms with van der Waals surface area (Å²) >= 11 is 0. The van der Waals surface area contributed by atoms with Crippen molar-refractivity contribution in [3.63, 3.8) is 0 Å². The van der Waals surface area contributed by atoms with E-state index < -0.39 is 0 Å². The number of benzene rings is 1. The number of carbonyl (C=O) groups excluding carboxylic acids is 1. The third-order valence-electron chi connectivity index (χ3n) is 3.04. The number of amides is 1. The lowest BCUT2D eigenvalue weighted by atomic mass is 10.1. The molecule has 0 saturated carbocycles. The molecule has 3 N–H and O–H groups in total. The van der Waals surface area contributed by atoms with Crippen LogP contribution >= 0.6 is 0 Å². The minimum absolute atomic E-state index is 0.00704. The van der Waals surface area contributed by atoms with Crippen LogP contribution in [0.2, 0.25) is 0 Å². The summed E-state index contributed by atoms with van der Waals surface area (Å²) in [4.78, 5) is 12.1. The second-order valence-corrected chi connectivity index (χ2v) is 4.36. The molecule has 0 aliphatic carbocycles. The van der Waals surface area contributed by atoms with Crippen LogP contribution in [0.5, 0.6) is 0 Å². The van der Waals surface area contributed by atoms with Crippen LogP contribution in [0.25, 0.3) is 0 Å². The molecule has 1 aliphatic rings. The Labute approximate surface area is 102 Å². The summed E-state index contributed by atoms with van der Waals surface area (Å²) in [6.07, 6.45) is 0.937. The van der Waals surface area contributed by atoms with Crippen molar-refractivity contribution in [1.82, 2.24) is 5.32 Å². The number of fused-ring (bicyclic) bond motifs is 1. The highest BCUT2D eigenvalue weighted by molar-refractivity contribution is 6.02. The predicted molar refractivity (Wildman–Crippen MR) is 70.6 cm³/mol. The number of para-hydroxylation sites is 1. The largest absolute Gasteiger partial charge is 0.382 e. The summed E-state index contributed by atoms with van der Waals surface area (Å²) in [6, 6.07) is 5.96. The molecule has 1 amide bonds. The Bertz CT molecular complexity index is 417. The fourth-order valence-electron chi connectivity index (χ4n) is 1.87. The van der Waals surface area contributed by atoms with Crippen molar-refractivity contribution in [3.8, 4) is 0 Å². The molecule has 1 aromatic carbocycles. The van der Waals surface area contributed by atoms with Crippen molar-refractivity contribution < 1.29 is 4.79 Å². The van der Waals surface area contributed by atoms with Gasteiger partial charge in [-0.25, -0.2) is 0 Å². The maximum atomic E-state index is 12.1. The molecule has 1 aliphatic heterocycles. The molecule has 0 bridgehead atoms. The zero-order chi connectivity index (χ0) is 12.3. The van der Waals surface area contributed by atoms with Gasteiger partial charge in [0, 0.05) is 19.1 Å². The normalized spacial score (nSPS) is 15.2. The summed E-state index contributed by atoms with van der Waals surface area (Å²) in [6.45, 7) is 5.81. The third kappa shape index (κ3) is 2.52. The Morgan fingerprint density at radius 2 is 2.18 bits per heavy atom. The Kier molecular flexibility index (Phi) is 3.52. The molecular weight excluding hydrogens is 214 g/mol. The van der Waals surface area contributed by atoms with Gasteiger partial charge in [-0.1, -0.05) is 13.0 Å². The first-order chi connectivity index (χ1) is 8.22. The molecule has 4 heteroatoms. The predicted octanol–water partition coefficient (Wildman–Crippen LogP) is 2.05. The average Bonchev–Trinajstić information content (AvgIpc) is 2.37. The standard InChI is InChI=1S/C13H19N3O/c1-3-9(2)16-13(17)10-5-4-6-11-12(10)15-8-7-14-11/h4-6,9,14-15H,3,7-8H2,1-2H3,(H,16,17). The Morgan fingerprint density at radius 1 is 1.41 bits per heavy atom. The van der Waals surface area contributed by atoms with Gasteiger partial charge in [-0.15, -0.1) is 0 Å². The summed E-state index contributed by atoms with van der Waals surface area (Å²) in [7, 11) is 0. The molecule has 0 fully saturated rings. The van der Waals surface area contributed by atoms with Crippen LogP contribution in [-0.4, -0.2) is 25.0 Å². The maximum Gasteiger partial charge on any atom is 0.253 e. The number of hydrogen-bond acceptors (Lipinski definition) is 3. The van der Waals surface area contributed by atoms with Crippen LogP contribution < -0.4 is 16.0 Å². The van der Waals surface area contributed by atoms with Crippen LogP contribution in [0.3, 0.4) is 0 Å². The van der Waals surface area contributed by atoms with Gasteiger partial charge in [0.1, 0.15) is 0 Å². The van der Waals surface area contributed by atoms with Crippen molar-refractivity contribution in [3.05, 3.63) is 23.8 Å². The van der Waals surface area contributed by atoms with Gasteiger partial charge < -0.3 is 16.0 Å². The van der Waals surface area contributed by atoms with E-state index in [1.54, 1.807) is 0 Å². The summed E-state index contributed by atoms with van der Waals surface area (Å²) < 4.78 is 0. The van der Waals surface area contributed by atoms with Gasteiger partial charge in [-0.2, -0.15) is 0 Å². The first-order valence-corrected chi connectivity index (χ1v) is 6.14. The average molecular weight is 233 g/mol. The van der Waals surface area contributed by atoms with Gasteiger partial charge in [-0.3, -0.25) is 4.79 Å². The van der Waals surface area contributed by atoms with Gasteiger partial charge in [0.2, 0.25) is 0 Å². The van der Waals surface area contributed by atoms with Crippen LogP contribution in [-0.2, 0) is 0 Å². The molecule has 0 aromatic heterocycles. The van der Waals surface area contributed by atoms with E-state index in [-0.39, 0.29) is 11.9 Å². The minimum Gasteiger partial charge on any atom is -0.382 e. The number of nitrogens with one attached hydrogen (secondary N) is 3. The summed E-state index contributed by atoms with van der Waals surface area (Å²) in [5, 5.41) is 9.55. The van der Waals surface area contributed by atoms with Gasteiger partial charge in [0.25, 0.3) is 5.91 Å². The van der Waals surface area contributed by atoms with Gasteiger partial charge in [0.05, 0.1) is 16.9 Å². The molecule has 1 heterocycles. The van der Waals surface area contributed by atoms with Crippen LogP contribution in [0.1, 0.15) is 30.6 Å². The summed E-state index contributed by atoms with van der Waals surface area (Å²) in [5.74, 6) is -0.00704. The fourth-order valence-corrected chi connectivity index (χ4v) is 1.87. The number of rotatable bonds is 3. The zero-order valence-corrected chi connectivity index (χ0v) is 10.3. The van der Waals surface area contributed by atoms with E-state index in [2.05, 4.69) is 22.9 Å². The van der Waals surface area contributed by atoms with Crippen molar-refractivity contribution in [1.29, 1.82) is 0 Å². The van der Waals surface area contributed by atoms with E-state index >= 15 is 0 Å². The monoisotopic (exact) mass is 233 g/mol. The van der Waals surface area contributed by atoms with E-state index in [0.717, 1.165) is 36.4 Å². The first-order valence-electron chi connectivity index (χ1n) is 6.14. The molecule has 4 nitrogen and oxygen atoms in total. The highest BCUT2D eigenvalue weighted by Crippen LogP contribution is 2.28. The van der Waals surface area contributed by atoms with Gasteiger partial charge >= 0.3 is 0 Å². The van der Waals surface area contributed by atoms with Crippen molar-refractivity contribution >= 4 is 17.3 Å². The fraction of sp³-hybridized carbons (Fsp3) is 0.462. The third-order valence-corrected chi connectivity index (χ3v) is 3.04. The van der Waals surface area contributed by atoms with Crippen LogP contribution in [0.4, 0.5) is 11.4 Å². The van der Waals surface area contributed by atoms with Gasteiger partial charge in [0.15, 0.2) is 0 Å². The van der Waals surface area contributed by atoms with Crippen molar-refractivity contribution in [2.45, 2.75) is 26.3 Å². The molecule has 0 radical (unpaired) electrons. The second kappa shape index (κ2) is 5.08. The molecular formula is C13H19N3O. The lowest BCUT2D eigenvalue weighted by molar-refractivity contribution is 0.0940. The van der Waals surface area contributed by atoms with Crippen LogP contribution in [0.15, 0.2) is 18.2 Å². The van der Waals surface area contributed by atoms with E-state index in [9.17, 15) is 4.79 Å². The highest BCUT2D eigenvalue weighted by atomic mass is 16.1. The van der Waals surface area contributed by atoms with E-state index in [1.165, 1.54) is 0 Å². The summed E-state index contributed by atoms with van der Waals surface area (Å²) in [5.41, 5.74) is 2.64. The van der Waals surface area contributed by atoms with Gasteiger partial charge in [-0.05, 0) is 25.5 Å². The SMILES string of the molecule is CCC(C)NC(=O)c1cccc2c1NCCN2. The lowest BCUT2D eigenvalue weighted by Crippen LogP contribution is -2.33. The van der Waals surface area contributed by atoms with E-state index in [0.29, 0.717) is 0 Å². The molecule has 1 atom stereocenters. The Morgan fingerprint density at radius 3 is 2.94 bits per heavy atom. The Balaban J connectivity index is 2.23. The molecule has 17 heavy (non-hydrogen) atoms. The quantitative estimate of drug-likeness (QED) is 0.749. The lowest BCUT2D eigenvalue weighted by Gasteiger charge is -2.23. The number of hydrogen-bond donors (Lipinski definition) is 3. The Hall–Kier alpha value is -1.71. The topological polar surface area (TPSA) is 53.2 Å². The first kappa shape index (κ1) is 11.8. The number of anilines is 2. The smallest absolute Gasteiger partial charge is 0.253 e. The molecule has 92 valence electrons. The zero-order valence-electron chi connectivity index (χ0n) is 10.3. The van der Waals surface area contributed by atoms with E-state index in [1.807, 2.05) is 25.1 Å². The second-order valence-electron chi connectivity index (χ2n) is 4.36. The molecule has 0 spiro atoms.